The first-order chi connectivity index (χ1) is 8.20. The Morgan fingerprint density at radius 2 is 1.47 bits per heavy atom. The Labute approximate surface area is 108 Å². The number of aliphatic hydroxyl groups excluding tert-OH is 1. The lowest BCUT2D eigenvalue weighted by Crippen LogP contribution is -2.12. The molecule has 2 nitrogen and oxygen atoms in total. The van der Waals surface area contributed by atoms with Gasteiger partial charge in [0.25, 0.3) is 0 Å². The molecule has 2 unspecified atom stereocenters. The Kier molecular flexibility index (Phi) is 12.3. The van der Waals surface area contributed by atoms with Crippen LogP contribution in [0, 0.1) is 0 Å². The SMILES string of the molecule is CCCCCCCCCC(O)CCC(C)OC. The fourth-order valence-electron chi connectivity index (χ4n) is 2.03. The largest absolute Gasteiger partial charge is 0.393 e. The van der Waals surface area contributed by atoms with Gasteiger partial charge in [0.05, 0.1) is 12.2 Å². The Hall–Kier alpha value is -0.0800. The van der Waals surface area contributed by atoms with Gasteiger partial charge in [0.2, 0.25) is 0 Å². The van der Waals surface area contributed by atoms with Gasteiger partial charge in [-0.3, -0.25) is 0 Å². The van der Waals surface area contributed by atoms with Crippen LogP contribution in [0.5, 0.6) is 0 Å². The maximum absolute atomic E-state index is 9.78. The van der Waals surface area contributed by atoms with E-state index in [1.165, 1.54) is 44.9 Å². The topological polar surface area (TPSA) is 29.5 Å². The van der Waals surface area contributed by atoms with Gasteiger partial charge in [-0.1, -0.05) is 51.9 Å². The van der Waals surface area contributed by atoms with Crippen LogP contribution < -0.4 is 0 Å². The van der Waals surface area contributed by atoms with Crippen molar-refractivity contribution in [2.24, 2.45) is 0 Å². The first-order valence-corrected chi connectivity index (χ1v) is 7.41. The lowest BCUT2D eigenvalue weighted by Gasteiger charge is -2.13. The highest BCUT2D eigenvalue weighted by atomic mass is 16.5. The summed E-state index contributed by atoms with van der Waals surface area (Å²) in [5, 5.41) is 9.78. The molecule has 0 radical (unpaired) electrons. The highest BCUT2D eigenvalue weighted by Crippen LogP contribution is 2.13. The molecule has 0 aromatic carbocycles. The smallest absolute Gasteiger partial charge is 0.0544 e. The number of rotatable bonds is 12. The van der Waals surface area contributed by atoms with E-state index in [4.69, 9.17) is 4.74 Å². The summed E-state index contributed by atoms with van der Waals surface area (Å²) in [5.41, 5.74) is 0. The summed E-state index contributed by atoms with van der Waals surface area (Å²) in [6.45, 7) is 4.30. The van der Waals surface area contributed by atoms with Crippen LogP contribution in [0.4, 0.5) is 0 Å². The zero-order chi connectivity index (χ0) is 12.9. The van der Waals surface area contributed by atoms with Crippen LogP contribution in [0.15, 0.2) is 0 Å². The maximum atomic E-state index is 9.78. The molecule has 0 spiro atoms. The minimum Gasteiger partial charge on any atom is -0.393 e. The number of hydrogen-bond acceptors (Lipinski definition) is 2. The maximum Gasteiger partial charge on any atom is 0.0544 e. The second-order valence-corrected chi connectivity index (χ2v) is 5.19. The van der Waals surface area contributed by atoms with Crippen molar-refractivity contribution in [2.75, 3.05) is 7.11 Å². The van der Waals surface area contributed by atoms with Crippen molar-refractivity contribution >= 4 is 0 Å². The van der Waals surface area contributed by atoms with Crippen molar-refractivity contribution < 1.29 is 9.84 Å². The lowest BCUT2D eigenvalue weighted by atomic mass is 10.0. The number of methoxy groups -OCH3 is 1. The molecular weight excluding hydrogens is 212 g/mol. The standard InChI is InChI=1S/C15H32O2/c1-4-5-6-7-8-9-10-11-15(16)13-12-14(2)17-3/h14-16H,4-13H2,1-3H3. The van der Waals surface area contributed by atoms with E-state index >= 15 is 0 Å². The molecular formula is C15H32O2. The molecule has 0 aliphatic heterocycles. The molecule has 0 heterocycles. The molecule has 0 fully saturated rings. The van der Waals surface area contributed by atoms with Gasteiger partial charge >= 0.3 is 0 Å². The molecule has 0 aliphatic carbocycles. The Morgan fingerprint density at radius 3 is 2.06 bits per heavy atom. The number of aliphatic hydroxyl groups is 1. The van der Waals surface area contributed by atoms with E-state index in [0.29, 0.717) is 0 Å². The summed E-state index contributed by atoms with van der Waals surface area (Å²) < 4.78 is 5.17. The number of unbranched alkanes of at least 4 members (excludes halogenated alkanes) is 6. The van der Waals surface area contributed by atoms with E-state index in [1.54, 1.807) is 7.11 Å². The Balaban J connectivity index is 3.19. The highest BCUT2D eigenvalue weighted by molar-refractivity contribution is 4.59. The number of ether oxygens (including phenoxy) is 1. The average Bonchev–Trinajstić information content (AvgIpc) is 2.34. The molecule has 0 saturated heterocycles. The molecule has 0 saturated carbocycles. The lowest BCUT2D eigenvalue weighted by molar-refractivity contribution is 0.0816. The van der Waals surface area contributed by atoms with Crippen LogP contribution in [0.2, 0.25) is 0 Å². The Morgan fingerprint density at radius 1 is 0.882 bits per heavy atom. The molecule has 17 heavy (non-hydrogen) atoms. The molecule has 0 bridgehead atoms. The van der Waals surface area contributed by atoms with Gasteiger partial charge in [-0.2, -0.15) is 0 Å². The summed E-state index contributed by atoms with van der Waals surface area (Å²) in [5.74, 6) is 0. The summed E-state index contributed by atoms with van der Waals surface area (Å²) in [4.78, 5) is 0. The van der Waals surface area contributed by atoms with Crippen LogP contribution >= 0.6 is 0 Å². The van der Waals surface area contributed by atoms with Crippen molar-refractivity contribution in [2.45, 2.75) is 90.3 Å². The van der Waals surface area contributed by atoms with Crippen molar-refractivity contribution in [3.05, 3.63) is 0 Å². The third kappa shape index (κ3) is 12.2. The van der Waals surface area contributed by atoms with Gasteiger partial charge in [-0.05, 0) is 26.2 Å². The quantitative estimate of drug-likeness (QED) is 0.519. The molecule has 0 aromatic rings. The molecule has 0 rings (SSSR count). The van der Waals surface area contributed by atoms with Gasteiger partial charge < -0.3 is 9.84 Å². The van der Waals surface area contributed by atoms with E-state index in [-0.39, 0.29) is 12.2 Å². The van der Waals surface area contributed by atoms with Crippen molar-refractivity contribution in [1.29, 1.82) is 0 Å². The van der Waals surface area contributed by atoms with E-state index in [9.17, 15) is 5.11 Å². The summed E-state index contributed by atoms with van der Waals surface area (Å²) in [6, 6.07) is 0. The molecule has 0 amide bonds. The van der Waals surface area contributed by atoms with Gasteiger partial charge in [0.1, 0.15) is 0 Å². The van der Waals surface area contributed by atoms with Crippen LogP contribution in [0.3, 0.4) is 0 Å². The minimum atomic E-state index is -0.122. The van der Waals surface area contributed by atoms with Gasteiger partial charge in [-0.15, -0.1) is 0 Å². The number of hydrogen-bond donors (Lipinski definition) is 1. The summed E-state index contributed by atoms with van der Waals surface area (Å²) >= 11 is 0. The fourth-order valence-corrected chi connectivity index (χ4v) is 2.03. The van der Waals surface area contributed by atoms with Gasteiger partial charge in [0.15, 0.2) is 0 Å². The third-order valence-electron chi connectivity index (χ3n) is 3.45. The predicted octanol–water partition coefficient (Wildman–Crippen LogP) is 4.30. The van der Waals surface area contributed by atoms with Crippen LogP contribution in [-0.2, 0) is 4.74 Å². The van der Waals surface area contributed by atoms with Gasteiger partial charge in [-0.25, -0.2) is 0 Å². The molecule has 0 aliphatic rings. The molecule has 2 atom stereocenters. The van der Waals surface area contributed by atoms with Crippen molar-refractivity contribution in [3.63, 3.8) is 0 Å². The first-order valence-electron chi connectivity index (χ1n) is 7.41. The molecule has 104 valence electrons. The van der Waals surface area contributed by atoms with E-state index < -0.39 is 0 Å². The molecule has 1 N–H and O–H groups in total. The minimum absolute atomic E-state index is 0.122. The van der Waals surface area contributed by atoms with Gasteiger partial charge in [0, 0.05) is 7.11 Å². The Bertz CT molecular complexity index is 148. The average molecular weight is 244 g/mol. The summed E-state index contributed by atoms with van der Waals surface area (Å²) in [6.07, 6.45) is 12.2. The summed E-state index contributed by atoms with van der Waals surface area (Å²) in [7, 11) is 1.73. The fraction of sp³-hybridized carbons (Fsp3) is 1.00. The van der Waals surface area contributed by atoms with Crippen LogP contribution in [0.1, 0.15) is 78.1 Å². The van der Waals surface area contributed by atoms with E-state index in [2.05, 4.69) is 13.8 Å². The van der Waals surface area contributed by atoms with Crippen LogP contribution in [-0.4, -0.2) is 24.4 Å². The predicted molar refractivity (Wildman–Crippen MR) is 74.3 cm³/mol. The van der Waals surface area contributed by atoms with E-state index in [1.807, 2.05) is 0 Å². The van der Waals surface area contributed by atoms with Crippen molar-refractivity contribution in [3.8, 4) is 0 Å². The zero-order valence-corrected chi connectivity index (χ0v) is 12.1. The zero-order valence-electron chi connectivity index (χ0n) is 12.1. The normalized spacial score (nSPS) is 14.8. The second-order valence-electron chi connectivity index (χ2n) is 5.19. The monoisotopic (exact) mass is 244 g/mol. The first kappa shape index (κ1) is 16.9. The molecule has 0 aromatic heterocycles. The second kappa shape index (κ2) is 12.4. The van der Waals surface area contributed by atoms with E-state index in [0.717, 1.165) is 19.3 Å². The van der Waals surface area contributed by atoms with Crippen LogP contribution in [0.25, 0.3) is 0 Å². The molecule has 2 heteroatoms. The third-order valence-corrected chi connectivity index (χ3v) is 3.45. The highest BCUT2D eigenvalue weighted by Gasteiger charge is 2.06. The van der Waals surface area contributed by atoms with Crippen molar-refractivity contribution in [1.82, 2.24) is 0 Å².